The Hall–Kier alpha value is -3.35. The fourth-order valence-electron chi connectivity index (χ4n) is 5.27. The molecule has 0 bridgehead atoms. The lowest BCUT2D eigenvalue weighted by atomic mass is 9.94. The van der Waals surface area contributed by atoms with Crippen LogP contribution in [0.2, 0.25) is 0 Å². The molecule has 0 aliphatic heterocycles. The van der Waals surface area contributed by atoms with E-state index in [9.17, 15) is 14.4 Å². The normalized spacial score (nSPS) is 13.5. The predicted molar refractivity (Wildman–Crippen MR) is 176 cm³/mol. The third-order valence-electron chi connectivity index (χ3n) is 7.96. The summed E-state index contributed by atoms with van der Waals surface area (Å²) < 4.78 is 5.55. The number of benzene rings is 2. The molecule has 7 nitrogen and oxygen atoms in total. The van der Waals surface area contributed by atoms with E-state index in [1.54, 1.807) is 25.7 Å². The molecular weight excluding hydrogens is 538 g/mol. The van der Waals surface area contributed by atoms with Crippen molar-refractivity contribution in [1.82, 2.24) is 10.2 Å². The first-order chi connectivity index (χ1) is 20.3. The van der Waals surface area contributed by atoms with E-state index in [0.717, 1.165) is 60.0 Å². The molecule has 7 heteroatoms. The van der Waals surface area contributed by atoms with Gasteiger partial charge in [-0.25, -0.2) is 4.79 Å². The summed E-state index contributed by atoms with van der Waals surface area (Å²) in [4.78, 5) is 43.6. The summed E-state index contributed by atoms with van der Waals surface area (Å²) >= 11 is 0. The van der Waals surface area contributed by atoms with Gasteiger partial charge in [0.1, 0.15) is 17.7 Å². The van der Waals surface area contributed by atoms with Crippen LogP contribution in [-0.2, 0) is 14.3 Å². The van der Waals surface area contributed by atoms with Crippen LogP contribution >= 0.6 is 0 Å². The highest BCUT2D eigenvalue weighted by molar-refractivity contribution is 6.00. The van der Waals surface area contributed by atoms with Gasteiger partial charge < -0.3 is 20.3 Å². The Kier molecular flexibility index (Phi) is 14.2. The van der Waals surface area contributed by atoms with E-state index < -0.39 is 23.8 Å². The topological polar surface area (TPSA) is 87.7 Å². The lowest BCUT2D eigenvalue weighted by molar-refractivity contribution is -0.142. The van der Waals surface area contributed by atoms with Crippen LogP contribution < -0.4 is 10.6 Å². The van der Waals surface area contributed by atoms with E-state index in [0.29, 0.717) is 13.0 Å². The average Bonchev–Trinajstić information content (AvgIpc) is 2.94. The first-order valence-corrected chi connectivity index (χ1v) is 16.0. The third-order valence-corrected chi connectivity index (χ3v) is 7.96. The van der Waals surface area contributed by atoms with E-state index in [4.69, 9.17) is 4.74 Å². The van der Waals surface area contributed by atoms with Gasteiger partial charge >= 0.3 is 6.09 Å². The molecule has 2 aromatic carbocycles. The molecule has 0 aromatic heterocycles. The number of unbranched alkanes of at least 4 members (excludes halogenated alkanes) is 5. The fourth-order valence-corrected chi connectivity index (χ4v) is 5.27. The average molecular weight is 594 g/mol. The fraction of sp³-hybridized carbons (Fsp3) is 0.583. The van der Waals surface area contributed by atoms with Gasteiger partial charge in [-0.2, -0.15) is 0 Å². The van der Waals surface area contributed by atoms with Crippen molar-refractivity contribution in [2.24, 2.45) is 5.92 Å². The summed E-state index contributed by atoms with van der Waals surface area (Å²) in [6, 6.07) is 11.9. The van der Waals surface area contributed by atoms with Gasteiger partial charge in [0.15, 0.2) is 0 Å². The van der Waals surface area contributed by atoms with Gasteiger partial charge in [0, 0.05) is 12.2 Å². The molecule has 0 aliphatic rings. The van der Waals surface area contributed by atoms with Crippen LogP contribution in [0.5, 0.6) is 0 Å². The Balaban J connectivity index is 2.58. The second-order valence-corrected chi connectivity index (χ2v) is 12.8. The molecule has 0 heterocycles. The Morgan fingerprint density at radius 1 is 0.837 bits per heavy atom. The van der Waals surface area contributed by atoms with Crippen molar-refractivity contribution in [1.29, 1.82) is 0 Å². The minimum atomic E-state index is -0.879. The van der Waals surface area contributed by atoms with Crippen molar-refractivity contribution < 1.29 is 19.1 Å². The summed E-state index contributed by atoms with van der Waals surface area (Å²) in [5.41, 5.74) is 3.64. The van der Waals surface area contributed by atoms with Crippen LogP contribution in [0.3, 0.4) is 0 Å². The summed E-state index contributed by atoms with van der Waals surface area (Å²) in [6.45, 7) is 17.8. The van der Waals surface area contributed by atoms with Gasteiger partial charge in [-0.3, -0.25) is 9.59 Å². The van der Waals surface area contributed by atoms with Crippen molar-refractivity contribution in [2.75, 3.05) is 11.9 Å². The van der Waals surface area contributed by atoms with Crippen LogP contribution in [-0.4, -0.2) is 41.0 Å². The van der Waals surface area contributed by atoms with E-state index in [-0.39, 0.29) is 17.7 Å². The molecule has 0 saturated heterocycles. The van der Waals surface area contributed by atoms with Crippen molar-refractivity contribution >= 4 is 23.6 Å². The van der Waals surface area contributed by atoms with Crippen molar-refractivity contribution in [3.8, 4) is 0 Å². The number of nitrogens with zero attached hydrogens (tertiary/aromatic N) is 1. The Labute approximate surface area is 260 Å². The monoisotopic (exact) mass is 593 g/mol. The zero-order valence-corrected chi connectivity index (χ0v) is 28.0. The second-order valence-electron chi connectivity index (χ2n) is 12.8. The van der Waals surface area contributed by atoms with Gasteiger partial charge in [-0.05, 0) is 76.1 Å². The molecule has 2 rings (SSSR count). The number of amides is 3. The number of nitrogens with one attached hydrogen (secondary N) is 2. The highest BCUT2D eigenvalue weighted by Gasteiger charge is 2.38. The van der Waals surface area contributed by atoms with E-state index in [2.05, 4.69) is 17.6 Å². The van der Waals surface area contributed by atoms with Crippen molar-refractivity contribution in [3.63, 3.8) is 0 Å². The lowest BCUT2D eigenvalue weighted by Gasteiger charge is -2.36. The molecule has 2 aromatic rings. The number of para-hydroxylation sites is 1. The molecule has 238 valence electrons. The number of alkyl carbamates (subject to hydrolysis) is 1. The van der Waals surface area contributed by atoms with Gasteiger partial charge in [-0.15, -0.1) is 0 Å². The first kappa shape index (κ1) is 35.8. The molecule has 0 radical (unpaired) electrons. The van der Waals surface area contributed by atoms with Gasteiger partial charge in [0.2, 0.25) is 5.91 Å². The predicted octanol–water partition coefficient (Wildman–Crippen LogP) is 8.42. The number of carbonyl (C=O) groups is 3. The molecule has 2 N–H and O–H groups in total. The van der Waals surface area contributed by atoms with Crippen LogP contribution in [0, 0.1) is 26.7 Å². The summed E-state index contributed by atoms with van der Waals surface area (Å²) in [6.07, 6.45) is 6.30. The van der Waals surface area contributed by atoms with E-state index >= 15 is 0 Å². The lowest BCUT2D eigenvalue weighted by Crippen LogP contribution is -2.55. The molecule has 0 spiro atoms. The largest absolute Gasteiger partial charge is 0.444 e. The number of carbonyl (C=O) groups excluding carboxylic acids is 3. The van der Waals surface area contributed by atoms with Crippen LogP contribution in [0.1, 0.15) is 115 Å². The molecule has 3 amide bonds. The van der Waals surface area contributed by atoms with Gasteiger partial charge in [-0.1, -0.05) is 102 Å². The highest BCUT2D eigenvalue weighted by atomic mass is 16.6. The van der Waals surface area contributed by atoms with E-state index in [1.165, 1.54) is 6.42 Å². The second kappa shape index (κ2) is 17.1. The Morgan fingerprint density at radius 2 is 1.42 bits per heavy atom. The summed E-state index contributed by atoms with van der Waals surface area (Å²) in [7, 11) is 0. The molecule has 0 aliphatic carbocycles. The zero-order valence-electron chi connectivity index (χ0n) is 28.0. The molecule has 3 unspecified atom stereocenters. The maximum atomic E-state index is 14.6. The maximum Gasteiger partial charge on any atom is 0.408 e. The summed E-state index contributed by atoms with van der Waals surface area (Å²) in [5.74, 6) is -0.726. The third kappa shape index (κ3) is 11.0. The standard InChI is InChI=1S/C36H55N3O4/c1-10-12-13-14-15-18-24-39(34(41)31(25(3)11-2)38-35(42)43-36(7,8)9)32(29-23-17-16-20-26(29)4)33(40)37-30-27(5)21-19-22-28(30)6/h16-17,19-23,25,31-32H,10-15,18,24H2,1-9H3,(H,37,40)(H,38,42). The number of hydrogen-bond acceptors (Lipinski definition) is 4. The number of aryl methyl sites for hydroxylation is 3. The molecule has 43 heavy (non-hydrogen) atoms. The smallest absolute Gasteiger partial charge is 0.408 e. The van der Waals surface area contributed by atoms with Crippen molar-refractivity contribution in [3.05, 3.63) is 64.7 Å². The maximum absolute atomic E-state index is 14.6. The first-order valence-electron chi connectivity index (χ1n) is 16.0. The zero-order chi connectivity index (χ0) is 32.2. The molecular formula is C36H55N3O4. The Morgan fingerprint density at radius 3 is 2.00 bits per heavy atom. The highest BCUT2D eigenvalue weighted by Crippen LogP contribution is 2.30. The van der Waals surface area contributed by atoms with Crippen molar-refractivity contribution in [2.45, 2.75) is 125 Å². The number of anilines is 1. The van der Waals surface area contributed by atoms with Crippen LogP contribution in [0.15, 0.2) is 42.5 Å². The quantitative estimate of drug-likeness (QED) is 0.203. The van der Waals surface area contributed by atoms with Crippen LogP contribution in [0.25, 0.3) is 0 Å². The minimum absolute atomic E-state index is 0.175. The molecule has 0 fully saturated rings. The summed E-state index contributed by atoms with van der Waals surface area (Å²) in [5, 5.41) is 6.03. The number of rotatable bonds is 15. The van der Waals surface area contributed by atoms with Gasteiger partial charge in [0.25, 0.3) is 5.91 Å². The van der Waals surface area contributed by atoms with E-state index in [1.807, 2.05) is 77.1 Å². The van der Waals surface area contributed by atoms with Gasteiger partial charge in [0.05, 0.1) is 0 Å². The number of hydrogen-bond donors (Lipinski definition) is 2. The SMILES string of the molecule is CCCCCCCCN(C(=O)C(NC(=O)OC(C)(C)C)C(C)CC)C(C(=O)Nc1c(C)cccc1C)c1ccccc1C. The minimum Gasteiger partial charge on any atom is -0.444 e. The molecule has 3 atom stereocenters. The Bertz CT molecular complexity index is 1180. The number of ether oxygens (including phenoxy) is 1. The molecule has 0 saturated carbocycles. The van der Waals surface area contributed by atoms with Crippen LogP contribution in [0.4, 0.5) is 10.5 Å².